The predicted molar refractivity (Wildman–Crippen MR) is 94.4 cm³/mol. The molecule has 1 aliphatic carbocycles. The van der Waals surface area contributed by atoms with Crippen LogP contribution in [0.1, 0.15) is 22.3 Å². The fraction of sp³-hybridized carbons (Fsp3) is 0.0526. The van der Waals surface area contributed by atoms with Crippen molar-refractivity contribution in [3.05, 3.63) is 74.7 Å². The van der Waals surface area contributed by atoms with Gasteiger partial charge in [0.25, 0.3) is 0 Å². The Labute approximate surface area is 150 Å². The maximum atomic E-state index is 14.7. The van der Waals surface area contributed by atoms with Crippen LogP contribution in [-0.2, 0) is 6.42 Å². The van der Waals surface area contributed by atoms with E-state index in [1.807, 2.05) is 0 Å². The van der Waals surface area contributed by atoms with E-state index in [9.17, 15) is 23.4 Å². The molecule has 1 aliphatic rings. The Morgan fingerprint density at radius 1 is 1.00 bits per heavy atom. The van der Waals surface area contributed by atoms with E-state index in [4.69, 9.17) is 5.73 Å². The first-order chi connectivity index (χ1) is 12.4. The lowest BCUT2D eigenvalue weighted by Gasteiger charge is -2.11. The van der Waals surface area contributed by atoms with Gasteiger partial charge >= 0.3 is 0 Å². The van der Waals surface area contributed by atoms with Gasteiger partial charge < -0.3 is 15.9 Å². The van der Waals surface area contributed by atoms with Crippen molar-refractivity contribution in [2.45, 2.75) is 6.42 Å². The molecule has 4 rings (SSSR count). The molecule has 0 fully saturated rings. The second-order valence-electron chi connectivity index (χ2n) is 5.99. The van der Waals surface area contributed by atoms with Gasteiger partial charge in [0.2, 0.25) is 0 Å². The summed E-state index contributed by atoms with van der Waals surface area (Å²) in [5.74, 6) is -4.52. The molecule has 26 heavy (non-hydrogen) atoms. The summed E-state index contributed by atoms with van der Waals surface area (Å²) in [7, 11) is 0. The summed E-state index contributed by atoms with van der Waals surface area (Å²) in [5, 5.41) is 22.5. The molecular weight excluding hydrogens is 363 g/mol. The first kappa shape index (κ1) is 16.5. The molecule has 132 valence electrons. The van der Waals surface area contributed by atoms with Gasteiger partial charge in [0.05, 0.1) is 5.69 Å². The molecule has 7 heteroatoms. The third-order valence-electron chi connectivity index (χ3n) is 4.45. The molecule has 0 unspecified atom stereocenters. The highest BCUT2D eigenvalue weighted by Gasteiger charge is 2.31. The molecular formula is C19H12F3NO2S. The van der Waals surface area contributed by atoms with Crippen molar-refractivity contribution in [1.82, 2.24) is 0 Å². The topological polar surface area (TPSA) is 66.5 Å². The lowest BCUT2D eigenvalue weighted by atomic mass is 9.95. The van der Waals surface area contributed by atoms with Gasteiger partial charge in [-0.15, -0.1) is 11.3 Å². The number of thiophene rings is 1. The predicted octanol–water partition coefficient (Wildman–Crippen LogP) is 4.67. The highest BCUT2D eigenvalue weighted by molar-refractivity contribution is 7.08. The highest BCUT2D eigenvalue weighted by atomic mass is 32.1. The Kier molecular flexibility index (Phi) is 3.69. The van der Waals surface area contributed by atoms with Crippen LogP contribution >= 0.6 is 11.3 Å². The summed E-state index contributed by atoms with van der Waals surface area (Å²) < 4.78 is 42.3. The van der Waals surface area contributed by atoms with Crippen LogP contribution in [0, 0.1) is 17.5 Å². The van der Waals surface area contributed by atoms with E-state index >= 15 is 0 Å². The van der Waals surface area contributed by atoms with Crippen molar-refractivity contribution in [2.75, 3.05) is 5.73 Å². The van der Waals surface area contributed by atoms with Crippen molar-refractivity contribution < 1.29 is 23.4 Å². The first-order valence-electron chi connectivity index (χ1n) is 7.62. The summed E-state index contributed by atoms with van der Waals surface area (Å²) in [4.78, 5) is 0. The monoisotopic (exact) mass is 375 g/mol. The maximum Gasteiger partial charge on any atom is 0.188 e. The molecule has 0 bridgehead atoms. The molecule has 0 spiro atoms. The van der Waals surface area contributed by atoms with Gasteiger partial charge in [-0.3, -0.25) is 0 Å². The third-order valence-corrected chi connectivity index (χ3v) is 5.21. The number of nitrogens with two attached hydrogens (primary N) is 1. The average molecular weight is 375 g/mol. The van der Waals surface area contributed by atoms with Crippen molar-refractivity contribution in [3.63, 3.8) is 0 Å². The summed E-state index contributed by atoms with van der Waals surface area (Å²) >= 11 is 1.31. The van der Waals surface area contributed by atoms with E-state index in [0.29, 0.717) is 33.5 Å². The van der Waals surface area contributed by atoms with E-state index in [0.717, 1.165) is 12.1 Å². The van der Waals surface area contributed by atoms with Gasteiger partial charge in [-0.05, 0) is 46.9 Å². The van der Waals surface area contributed by atoms with Gasteiger partial charge in [0, 0.05) is 21.9 Å². The van der Waals surface area contributed by atoms with Crippen molar-refractivity contribution in [2.24, 2.45) is 0 Å². The van der Waals surface area contributed by atoms with Crippen LogP contribution in [0.25, 0.3) is 11.1 Å². The van der Waals surface area contributed by atoms with E-state index in [-0.39, 0.29) is 12.0 Å². The molecule has 1 heterocycles. The molecule has 0 radical (unpaired) electrons. The minimum absolute atomic E-state index is 0.0532. The van der Waals surface area contributed by atoms with Gasteiger partial charge in [0.15, 0.2) is 29.0 Å². The van der Waals surface area contributed by atoms with Crippen molar-refractivity contribution >= 4 is 28.2 Å². The number of allylic oxidation sites excluding steroid dienone is 1. The summed E-state index contributed by atoms with van der Waals surface area (Å²) in [6.07, 6.45) is 0.137. The van der Waals surface area contributed by atoms with Crippen LogP contribution < -0.4 is 5.73 Å². The standard InChI is InChI=1S/C19H12F3NO2S/c20-12-4-8(1-2-15(12)24)10-3-9-5-13(21)19(25)18(22)16(9)17(10)11-6-26-7-14(11)23/h1-2,4-7,24-25H,3,23H2. The number of benzene rings is 2. The number of hydrogen-bond donors (Lipinski definition) is 3. The van der Waals surface area contributed by atoms with Crippen LogP contribution in [0.15, 0.2) is 35.0 Å². The van der Waals surface area contributed by atoms with E-state index < -0.39 is 29.0 Å². The number of aromatic hydroxyl groups is 2. The highest BCUT2D eigenvalue weighted by Crippen LogP contribution is 2.48. The number of nitrogen functional groups attached to an aromatic ring is 1. The Morgan fingerprint density at radius 3 is 2.42 bits per heavy atom. The summed E-state index contributed by atoms with van der Waals surface area (Å²) in [5.41, 5.74) is 8.65. The van der Waals surface area contributed by atoms with Crippen LogP contribution in [0.5, 0.6) is 11.5 Å². The summed E-state index contributed by atoms with van der Waals surface area (Å²) in [6, 6.07) is 4.90. The number of hydrogen-bond acceptors (Lipinski definition) is 4. The van der Waals surface area contributed by atoms with Crippen LogP contribution in [0.3, 0.4) is 0 Å². The maximum absolute atomic E-state index is 14.7. The van der Waals surface area contributed by atoms with E-state index in [2.05, 4.69) is 0 Å². The average Bonchev–Trinajstić information content (AvgIpc) is 3.18. The Morgan fingerprint density at radius 2 is 1.77 bits per heavy atom. The van der Waals surface area contributed by atoms with Crippen LogP contribution in [-0.4, -0.2) is 10.2 Å². The molecule has 3 aromatic rings. The first-order valence-corrected chi connectivity index (χ1v) is 8.57. The largest absolute Gasteiger partial charge is 0.505 e. The fourth-order valence-corrected chi connectivity index (χ4v) is 3.98. The Bertz CT molecular complexity index is 1090. The molecule has 4 N–H and O–H groups in total. The second-order valence-corrected chi connectivity index (χ2v) is 6.74. The van der Waals surface area contributed by atoms with Gasteiger partial charge in [-0.25, -0.2) is 13.2 Å². The van der Waals surface area contributed by atoms with Crippen LogP contribution in [0.4, 0.5) is 18.9 Å². The summed E-state index contributed by atoms with van der Waals surface area (Å²) in [6.45, 7) is 0. The van der Waals surface area contributed by atoms with Gasteiger partial charge in [-0.2, -0.15) is 0 Å². The lowest BCUT2D eigenvalue weighted by Crippen LogP contribution is -1.97. The smallest absolute Gasteiger partial charge is 0.188 e. The Hall–Kier alpha value is -2.93. The second kappa shape index (κ2) is 5.81. The van der Waals surface area contributed by atoms with Crippen molar-refractivity contribution in [3.8, 4) is 11.5 Å². The molecule has 0 atom stereocenters. The number of phenols is 2. The molecule has 3 nitrogen and oxygen atoms in total. The van der Waals surface area contributed by atoms with Gasteiger partial charge in [-0.1, -0.05) is 6.07 Å². The van der Waals surface area contributed by atoms with Crippen molar-refractivity contribution in [1.29, 1.82) is 0 Å². The van der Waals surface area contributed by atoms with E-state index in [1.54, 1.807) is 10.8 Å². The van der Waals surface area contributed by atoms with E-state index in [1.165, 1.54) is 23.5 Å². The zero-order valence-corrected chi connectivity index (χ0v) is 14.0. The quantitative estimate of drug-likeness (QED) is 0.610. The number of fused-ring (bicyclic) bond motifs is 1. The normalized spacial score (nSPS) is 13.3. The zero-order chi connectivity index (χ0) is 18.6. The van der Waals surface area contributed by atoms with Gasteiger partial charge in [0.1, 0.15) is 0 Å². The number of halogens is 3. The molecule has 0 saturated carbocycles. The third kappa shape index (κ3) is 2.35. The fourth-order valence-electron chi connectivity index (χ4n) is 3.25. The number of phenolic OH excluding ortho intramolecular Hbond substituents is 2. The Balaban J connectivity index is 2.04. The molecule has 0 amide bonds. The van der Waals surface area contributed by atoms with Crippen LogP contribution in [0.2, 0.25) is 0 Å². The SMILES string of the molecule is Nc1cscc1C1=C(c2ccc(O)c(F)c2)Cc2cc(F)c(O)c(F)c21. The molecule has 1 aromatic heterocycles. The minimum Gasteiger partial charge on any atom is -0.505 e. The molecule has 0 aliphatic heterocycles. The zero-order valence-electron chi connectivity index (χ0n) is 13.2. The molecule has 0 saturated heterocycles. The number of anilines is 1. The molecule has 2 aromatic carbocycles. The lowest BCUT2D eigenvalue weighted by molar-refractivity contribution is 0.395. The number of rotatable bonds is 2. The minimum atomic E-state index is -1.07.